The molecule has 0 amide bonds. The first-order valence-corrected chi connectivity index (χ1v) is 3.40. The van der Waals surface area contributed by atoms with Crippen LogP contribution in [0, 0.1) is 0 Å². The van der Waals surface area contributed by atoms with Gasteiger partial charge in [-0.05, 0) is 0 Å². The Hall–Kier alpha value is 0.470. The third-order valence-corrected chi connectivity index (χ3v) is 0.798. The molecule has 0 aliphatic heterocycles. The van der Waals surface area contributed by atoms with Gasteiger partial charge in [-0.2, -0.15) is 0 Å². The molecule has 0 aliphatic carbocycles. The standard InChI is InChI=1S/C4H7O2.Na/c1-2-3-6-4-5;/h2-3H2,1H3;. The number of hydrogen-bond acceptors (Lipinski definition) is 2. The van der Waals surface area contributed by atoms with Crippen molar-refractivity contribution in [1.82, 2.24) is 0 Å². The summed E-state index contributed by atoms with van der Waals surface area (Å²) in [5, 5.41) is 0. The summed E-state index contributed by atoms with van der Waals surface area (Å²) in [7, 11) is 0. The van der Waals surface area contributed by atoms with E-state index in [-0.39, 0.29) is 3.22 Å². The van der Waals surface area contributed by atoms with E-state index in [4.69, 9.17) is 0 Å². The molecule has 0 aromatic rings. The van der Waals surface area contributed by atoms with Crippen LogP contribution < -0.4 is 0 Å². The molecule has 0 unspecified atom stereocenters. The minimum absolute atomic E-state index is 0.0538. The predicted octanol–water partition coefficient (Wildman–Crippen LogP) is 0.702. The molecule has 0 aromatic carbocycles. The third-order valence-electron chi connectivity index (χ3n) is 0.509. The number of carbonyl (C=O) groups is 1. The Morgan fingerprint density at radius 1 is 1.86 bits per heavy atom. The molecule has 0 spiro atoms. The Kier molecular flexibility index (Phi) is 4.94. The fourth-order valence-corrected chi connectivity index (χ4v) is 0.450. The Morgan fingerprint density at radius 2 is 2.43 bits per heavy atom. The molecular formula is C4H7NaO2. The van der Waals surface area contributed by atoms with Gasteiger partial charge in [0.15, 0.2) is 0 Å². The van der Waals surface area contributed by atoms with Crippen molar-refractivity contribution in [1.29, 1.82) is 0 Å². The molecule has 3 heteroatoms. The maximum absolute atomic E-state index is 10.0. The van der Waals surface area contributed by atoms with Crippen LogP contribution in [-0.4, -0.2) is 37.8 Å². The van der Waals surface area contributed by atoms with Gasteiger partial charge in [-0.3, -0.25) is 0 Å². The van der Waals surface area contributed by atoms with Crippen LogP contribution in [0.5, 0.6) is 0 Å². The van der Waals surface area contributed by atoms with Crippen LogP contribution in [0.4, 0.5) is 4.79 Å². The second kappa shape index (κ2) is 4.62. The van der Waals surface area contributed by atoms with Gasteiger partial charge in [0.1, 0.15) is 0 Å². The Morgan fingerprint density at radius 3 is 2.57 bits per heavy atom. The second-order valence-electron chi connectivity index (χ2n) is 1.34. The van der Waals surface area contributed by atoms with Crippen molar-refractivity contribution < 1.29 is 9.53 Å². The molecule has 0 radical (unpaired) electrons. The first-order chi connectivity index (χ1) is 3.27. The van der Waals surface area contributed by atoms with Gasteiger partial charge in [-0.25, -0.2) is 0 Å². The molecule has 7 heavy (non-hydrogen) atoms. The molecular weight excluding hydrogens is 103 g/mol. The number of hydrogen-bond donors (Lipinski definition) is 0. The van der Waals surface area contributed by atoms with Gasteiger partial charge >= 0.3 is 60.6 Å². The van der Waals surface area contributed by atoms with E-state index < -0.39 is 0 Å². The second-order valence-corrected chi connectivity index (χ2v) is 2.16. The van der Waals surface area contributed by atoms with Crippen LogP contribution in [0.3, 0.4) is 0 Å². The summed E-state index contributed by atoms with van der Waals surface area (Å²) in [5.41, 5.74) is 0. The van der Waals surface area contributed by atoms with E-state index >= 15 is 0 Å². The zero-order valence-electron chi connectivity index (χ0n) is 4.73. The van der Waals surface area contributed by atoms with Gasteiger partial charge < -0.3 is 0 Å². The number of rotatable bonds is 2. The summed E-state index contributed by atoms with van der Waals surface area (Å²) in [6.07, 6.45) is 0.925. The molecule has 0 fully saturated rings. The summed E-state index contributed by atoms with van der Waals surface area (Å²) in [4.78, 5) is 10.0. The van der Waals surface area contributed by atoms with Gasteiger partial charge in [0.2, 0.25) is 0 Å². The summed E-state index contributed by atoms with van der Waals surface area (Å²) < 4.78 is 4.56. The van der Waals surface area contributed by atoms with Crippen LogP contribution in [0.2, 0.25) is 0 Å². The summed E-state index contributed by atoms with van der Waals surface area (Å²) >= 11 is 0.522. The van der Waals surface area contributed by atoms with E-state index in [1.807, 2.05) is 6.92 Å². The zero-order valence-corrected chi connectivity index (χ0v) is 6.73. The summed E-state index contributed by atoms with van der Waals surface area (Å²) in [5.74, 6) is 0. The van der Waals surface area contributed by atoms with E-state index in [0.717, 1.165) is 6.42 Å². The Labute approximate surface area is 60.6 Å². The van der Waals surface area contributed by atoms with Gasteiger partial charge in [0, 0.05) is 0 Å². The summed E-state index contributed by atoms with van der Waals surface area (Å²) in [6, 6.07) is 0. The molecule has 0 N–H and O–H groups in total. The van der Waals surface area contributed by atoms with Crippen molar-refractivity contribution in [3.63, 3.8) is 0 Å². The van der Waals surface area contributed by atoms with Crippen LogP contribution in [0.1, 0.15) is 13.3 Å². The molecule has 0 heterocycles. The zero-order chi connectivity index (χ0) is 5.70. The van der Waals surface area contributed by atoms with E-state index in [1.54, 1.807) is 0 Å². The van der Waals surface area contributed by atoms with Crippen molar-refractivity contribution in [3.05, 3.63) is 0 Å². The minimum atomic E-state index is -0.0538. The average Bonchev–Trinajstić information content (AvgIpc) is 1.61. The fourth-order valence-electron chi connectivity index (χ4n) is 0.246. The van der Waals surface area contributed by atoms with Crippen LogP contribution in [0.25, 0.3) is 0 Å². The molecule has 2 nitrogen and oxygen atoms in total. The molecule has 0 aliphatic rings. The SMILES string of the molecule is CCCO[C](=O)[Na]. The Bertz CT molecular complexity index is 62.7. The first kappa shape index (κ1) is 7.47. The van der Waals surface area contributed by atoms with Crippen molar-refractivity contribution >= 4 is 31.1 Å². The van der Waals surface area contributed by atoms with Crippen LogP contribution >= 0.6 is 0 Å². The van der Waals surface area contributed by atoms with Gasteiger partial charge in [0.05, 0.1) is 0 Å². The maximum atomic E-state index is 10.0. The molecule has 0 rings (SSSR count). The van der Waals surface area contributed by atoms with E-state index in [2.05, 4.69) is 4.74 Å². The van der Waals surface area contributed by atoms with E-state index in [9.17, 15) is 4.79 Å². The van der Waals surface area contributed by atoms with Crippen molar-refractivity contribution in [2.45, 2.75) is 13.3 Å². The fraction of sp³-hybridized carbons (Fsp3) is 0.750. The number of ether oxygens (including phenoxy) is 1. The quantitative estimate of drug-likeness (QED) is 0.489. The average molecular weight is 110 g/mol. The van der Waals surface area contributed by atoms with Gasteiger partial charge in [0.25, 0.3) is 0 Å². The van der Waals surface area contributed by atoms with Crippen molar-refractivity contribution in [3.8, 4) is 0 Å². The van der Waals surface area contributed by atoms with E-state index in [0.29, 0.717) is 34.5 Å². The molecule has 36 valence electrons. The molecule has 0 aromatic heterocycles. The van der Waals surface area contributed by atoms with Crippen LogP contribution in [0.15, 0.2) is 0 Å². The molecule has 0 saturated carbocycles. The normalized spacial score (nSPS) is 8.43. The predicted molar refractivity (Wildman–Crippen MR) is 27.4 cm³/mol. The van der Waals surface area contributed by atoms with Crippen molar-refractivity contribution in [2.24, 2.45) is 0 Å². The van der Waals surface area contributed by atoms with Gasteiger partial charge in [-0.1, -0.05) is 0 Å². The molecule has 0 atom stereocenters. The van der Waals surface area contributed by atoms with Crippen molar-refractivity contribution in [2.75, 3.05) is 6.61 Å². The summed E-state index contributed by atoms with van der Waals surface area (Å²) in [6.45, 7) is 2.56. The molecule has 0 bridgehead atoms. The monoisotopic (exact) mass is 110 g/mol. The third kappa shape index (κ3) is 6.47. The van der Waals surface area contributed by atoms with E-state index in [1.165, 1.54) is 0 Å². The number of carbonyl (C=O) groups excluding carboxylic acids is 1. The van der Waals surface area contributed by atoms with Gasteiger partial charge in [-0.15, -0.1) is 0 Å². The Balaban J connectivity index is 2.82. The van der Waals surface area contributed by atoms with Crippen LogP contribution in [-0.2, 0) is 4.74 Å². The molecule has 0 saturated heterocycles. The first-order valence-electron chi connectivity index (χ1n) is 2.40. The topological polar surface area (TPSA) is 26.3 Å².